The van der Waals surface area contributed by atoms with E-state index in [-0.39, 0.29) is 23.5 Å². The van der Waals surface area contributed by atoms with Gasteiger partial charge in [0.25, 0.3) is 5.91 Å². The number of amides is 2. The minimum Gasteiger partial charge on any atom is -0.451 e. The Morgan fingerprint density at radius 2 is 1.73 bits per heavy atom. The topological polar surface area (TPSA) is 117 Å². The molecule has 2 amide bonds. The van der Waals surface area contributed by atoms with Gasteiger partial charge in [0.1, 0.15) is 5.76 Å². The average Bonchev–Trinajstić information content (AvgIpc) is 3.77. The number of rotatable bonds is 10. The van der Waals surface area contributed by atoms with E-state index in [1.54, 1.807) is 30.9 Å². The predicted octanol–water partition coefficient (Wildman–Crippen LogP) is 6.50. The molecule has 0 bridgehead atoms. The fourth-order valence-corrected chi connectivity index (χ4v) is 5.72. The molecule has 3 heterocycles. The van der Waals surface area contributed by atoms with Crippen LogP contribution in [0.3, 0.4) is 0 Å². The lowest BCUT2D eigenvalue weighted by Gasteiger charge is -2.30. The molecule has 45 heavy (non-hydrogen) atoms. The number of imidazole rings is 1. The van der Waals surface area contributed by atoms with Crippen molar-refractivity contribution in [3.63, 3.8) is 0 Å². The number of pyridine rings is 1. The Kier molecular flexibility index (Phi) is 9.11. The van der Waals surface area contributed by atoms with Crippen molar-refractivity contribution in [2.75, 3.05) is 4.90 Å². The summed E-state index contributed by atoms with van der Waals surface area (Å²) in [5, 5.41) is 12.0. The molecule has 0 atom stereocenters. The van der Waals surface area contributed by atoms with E-state index in [1.807, 2.05) is 76.3 Å². The summed E-state index contributed by atoms with van der Waals surface area (Å²) in [5.74, 6) is 0.607. The predicted molar refractivity (Wildman–Crippen MR) is 170 cm³/mol. The minimum atomic E-state index is -0.302. The third-order valence-corrected chi connectivity index (χ3v) is 8.24. The number of aromatic nitrogens is 3. The van der Waals surface area contributed by atoms with Crippen LogP contribution in [-0.4, -0.2) is 26.3 Å². The first-order valence-electron chi connectivity index (χ1n) is 15.2. The molecule has 1 N–H and O–H groups in total. The van der Waals surface area contributed by atoms with Crippen molar-refractivity contribution in [3.05, 3.63) is 126 Å². The molecule has 9 heteroatoms. The number of nitrogens with zero attached hydrogens (tertiary/aromatic N) is 5. The van der Waals surface area contributed by atoms with Gasteiger partial charge in [-0.2, -0.15) is 5.26 Å². The van der Waals surface area contributed by atoms with E-state index in [0.717, 1.165) is 53.8 Å². The molecular weight excluding hydrogens is 564 g/mol. The van der Waals surface area contributed by atoms with Crippen molar-refractivity contribution < 1.29 is 14.0 Å². The maximum atomic E-state index is 14.0. The lowest BCUT2D eigenvalue weighted by molar-refractivity contribution is -0.123. The van der Waals surface area contributed by atoms with Crippen molar-refractivity contribution in [2.24, 2.45) is 5.92 Å². The Balaban J connectivity index is 1.19. The van der Waals surface area contributed by atoms with Gasteiger partial charge >= 0.3 is 0 Å². The van der Waals surface area contributed by atoms with Crippen LogP contribution in [0.5, 0.6) is 0 Å². The second-order valence-electron chi connectivity index (χ2n) is 11.3. The molecule has 0 radical (unpaired) electrons. The number of carbonyl (C=O) groups is 2. The van der Waals surface area contributed by atoms with Crippen LogP contribution in [0.15, 0.2) is 102 Å². The van der Waals surface area contributed by atoms with Crippen molar-refractivity contribution >= 4 is 17.5 Å². The molecule has 1 saturated carbocycles. The molecule has 0 saturated heterocycles. The molecule has 0 unspecified atom stereocenters. The summed E-state index contributed by atoms with van der Waals surface area (Å²) in [4.78, 5) is 37.0. The molecule has 226 valence electrons. The molecule has 0 spiro atoms. The lowest BCUT2D eigenvalue weighted by atomic mass is 9.88. The van der Waals surface area contributed by atoms with Gasteiger partial charge in [0.05, 0.1) is 30.2 Å². The van der Waals surface area contributed by atoms with Gasteiger partial charge in [-0.1, -0.05) is 37.5 Å². The van der Waals surface area contributed by atoms with Crippen LogP contribution in [0.25, 0.3) is 11.3 Å². The van der Waals surface area contributed by atoms with Crippen molar-refractivity contribution in [3.8, 4) is 17.4 Å². The van der Waals surface area contributed by atoms with E-state index in [9.17, 15) is 9.59 Å². The Labute approximate surface area is 262 Å². The Morgan fingerprint density at radius 1 is 0.933 bits per heavy atom. The van der Waals surface area contributed by atoms with E-state index >= 15 is 0 Å². The number of hydrogen-bond acceptors (Lipinski definition) is 6. The molecule has 3 aromatic heterocycles. The fourth-order valence-electron chi connectivity index (χ4n) is 5.72. The van der Waals surface area contributed by atoms with Crippen molar-refractivity contribution in [1.82, 2.24) is 19.9 Å². The second kappa shape index (κ2) is 13.9. The second-order valence-corrected chi connectivity index (χ2v) is 11.3. The zero-order chi connectivity index (χ0) is 31.0. The average molecular weight is 599 g/mol. The third-order valence-electron chi connectivity index (χ3n) is 8.24. The van der Waals surface area contributed by atoms with Crippen LogP contribution >= 0.6 is 0 Å². The minimum absolute atomic E-state index is 0.00821. The van der Waals surface area contributed by atoms with Gasteiger partial charge in [-0.25, -0.2) is 4.98 Å². The highest BCUT2D eigenvalue weighted by Gasteiger charge is 2.28. The summed E-state index contributed by atoms with van der Waals surface area (Å²) in [7, 11) is 0. The van der Waals surface area contributed by atoms with Gasteiger partial charge < -0.3 is 19.2 Å². The monoisotopic (exact) mass is 598 g/mol. The van der Waals surface area contributed by atoms with E-state index in [0.29, 0.717) is 31.0 Å². The van der Waals surface area contributed by atoms with Crippen LogP contribution in [0, 0.1) is 17.2 Å². The van der Waals surface area contributed by atoms with Gasteiger partial charge in [0.2, 0.25) is 5.91 Å². The van der Waals surface area contributed by atoms with Gasteiger partial charge in [-0.15, -0.1) is 0 Å². The Bertz CT molecular complexity index is 1780. The molecular formula is C36H34N6O3. The molecule has 5 aromatic rings. The number of carbonyl (C=O) groups excluding carboxylic acids is 2. The van der Waals surface area contributed by atoms with E-state index in [4.69, 9.17) is 9.68 Å². The van der Waals surface area contributed by atoms with Gasteiger partial charge in [-0.05, 0) is 78.6 Å². The molecule has 2 aromatic carbocycles. The highest BCUT2D eigenvalue weighted by atomic mass is 16.3. The summed E-state index contributed by atoms with van der Waals surface area (Å²) in [6, 6.07) is 24.5. The maximum Gasteiger partial charge on any atom is 0.287 e. The quantitative estimate of drug-likeness (QED) is 0.196. The smallest absolute Gasteiger partial charge is 0.287 e. The summed E-state index contributed by atoms with van der Waals surface area (Å²) < 4.78 is 7.94. The first kappa shape index (κ1) is 29.6. The standard InChI is InChI=1S/C36H34N6O3/c37-19-26-8-10-27(11-9-26)23-41-25-39-22-32(41)24-42(36(44)30-6-2-1-3-7-30)31-14-12-29(13-15-31)33-16-17-34(45-33)35(43)40-21-28-5-4-18-38-20-28/h4-5,8-18,20,22,25,30H,1-3,6-7,21,23-24H2,(H,40,43). The number of nitriles is 1. The zero-order valence-corrected chi connectivity index (χ0v) is 24.9. The van der Waals surface area contributed by atoms with Gasteiger partial charge in [0.15, 0.2) is 5.76 Å². The molecule has 6 rings (SSSR count). The van der Waals surface area contributed by atoms with Crippen LogP contribution in [0.4, 0.5) is 5.69 Å². The molecule has 1 aliphatic carbocycles. The molecule has 1 aliphatic rings. The summed E-state index contributed by atoms with van der Waals surface area (Å²) in [6.07, 6.45) is 12.1. The number of benzene rings is 2. The molecule has 1 fully saturated rings. The molecule has 0 aliphatic heterocycles. The number of anilines is 1. The van der Waals surface area contributed by atoms with E-state index < -0.39 is 0 Å². The Hall–Kier alpha value is -5.49. The van der Waals surface area contributed by atoms with Crippen LogP contribution in [-0.2, 0) is 24.4 Å². The first-order chi connectivity index (χ1) is 22.1. The first-order valence-corrected chi connectivity index (χ1v) is 15.2. The highest BCUT2D eigenvalue weighted by Crippen LogP contribution is 2.31. The summed E-state index contributed by atoms with van der Waals surface area (Å²) >= 11 is 0. The zero-order valence-electron chi connectivity index (χ0n) is 24.9. The SMILES string of the molecule is N#Cc1ccc(Cn2cncc2CN(C(=O)C2CCCCC2)c2ccc(-c3ccc(C(=O)NCc4cccnc4)o3)cc2)cc1. The highest BCUT2D eigenvalue weighted by molar-refractivity contribution is 5.95. The van der Waals surface area contributed by atoms with Crippen LogP contribution < -0.4 is 10.2 Å². The number of hydrogen-bond donors (Lipinski definition) is 1. The lowest BCUT2D eigenvalue weighted by Crippen LogP contribution is -2.37. The maximum absolute atomic E-state index is 14.0. The van der Waals surface area contributed by atoms with E-state index in [1.165, 1.54) is 6.42 Å². The van der Waals surface area contributed by atoms with Crippen LogP contribution in [0.1, 0.15) is 65.0 Å². The van der Waals surface area contributed by atoms with Crippen LogP contribution in [0.2, 0.25) is 0 Å². The normalized spacial score (nSPS) is 13.2. The Morgan fingerprint density at radius 3 is 2.47 bits per heavy atom. The number of nitrogens with one attached hydrogen (secondary N) is 1. The molecule has 9 nitrogen and oxygen atoms in total. The van der Waals surface area contributed by atoms with Gasteiger partial charge in [-0.3, -0.25) is 14.6 Å². The summed E-state index contributed by atoms with van der Waals surface area (Å²) in [5.41, 5.74) is 5.08. The largest absolute Gasteiger partial charge is 0.451 e. The number of furan rings is 1. The fraction of sp³-hybridized carbons (Fsp3) is 0.250. The van der Waals surface area contributed by atoms with Crippen molar-refractivity contribution in [1.29, 1.82) is 5.26 Å². The van der Waals surface area contributed by atoms with E-state index in [2.05, 4.69) is 21.4 Å². The third kappa shape index (κ3) is 7.19. The van der Waals surface area contributed by atoms with Gasteiger partial charge in [0, 0.05) is 48.8 Å². The van der Waals surface area contributed by atoms with Crippen molar-refractivity contribution in [2.45, 2.75) is 51.7 Å². The summed E-state index contributed by atoms with van der Waals surface area (Å²) in [6.45, 7) is 1.32.